The maximum atomic E-state index is 12.5. The zero-order valence-corrected chi connectivity index (χ0v) is 20.0. The van der Waals surface area contributed by atoms with Crippen molar-refractivity contribution in [3.8, 4) is 5.75 Å². The van der Waals surface area contributed by atoms with Gasteiger partial charge in [0.05, 0.1) is 18.8 Å². The van der Waals surface area contributed by atoms with Gasteiger partial charge in [-0.3, -0.25) is 9.59 Å². The van der Waals surface area contributed by atoms with Crippen LogP contribution in [0.5, 0.6) is 5.75 Å². The Labute approximate surface area is 199 Å². The predicted octanol–water partition coefficient (Wildman–Crippen LogP) is 4.78. The standard InChI is InChI=1S/C23H23BrN4O3S/c1-3-13-28-21(14-22(30)25-18-9-11-19(12-10-18)31-4-2)26-27-23(28)32-15-20(29)16-5-7-17(24)8-6-16/h3,5-12H,1,4,13-15H2,2H3,(H,25,30). The topological polar surface area (TPSA) is 86.1 Å². The first-order valence-electron chi connectivity index (χ1n) is 9.97. The van der Waals surface area contributed by atoms with Gasteiger partial charge in [0.15, 0.2) is 10.9 Å². The molecule has 0 fully saturated rings. The first-order chi connectivity index (χ1) is 15.5. The van der Waals surface area contributed by atoms with Crippen LogP contribution in [0, 0.1) is 0 Å². The summed E-state index contributed by atoms with van der Waals surface area (Å²) in [5, 5.41) is 11.8. The van der Waals surface area contributed by atoms with E-state index in [1.807, 2.05) is 19.1 Å². The molecule has 3 aromatic rings. The normalized spacial score (nSPS) is 10.6. The fraction of sp³-hybridized carbons (Fsp3) is 0.217. The van der Waals surface area contributed by atoms with Gasteiger partial charge in [-0.15, -0.1) is 16.8 Å². The van der Waals surface area contributed by atoms with Gasteiger partial charge in [-0.05, 0) is 43.3 Å². The highest BCUT2D eigenvalue weighted by molar-refractivity contribution is 9.10. The summed E-state index contributed by atoms with van der Waals surface area (Å²) >= 11 is 4.65. The molecule has 1 N–H and O–H groups in total. The largest absolute Gasteiger partial charge is 0.494 e. The molecule has 0 saturated carbocycles. The molecule has 0 spiro atoms. The van der Waals surface area contributed by atoms with Crippen molar-refractivity contribution in [1.82, 2.24) is 14.8 Å². The molecule has 1 heterocycles. The third-order valence-corrected chi connectivity index (χ3v) is 5.87. The van der Waals surface area contributed by atoms with Crippen molar-refractivity contribution in [2.45, 2.75) is 25.0 Å². The Bertz CT molecular complexity index is 1080. The molecule has 0 aliphatic rings. The second kappa shape index (κ2) is 11.6. The Morgan fingerprint density at radius 1 is 1.16 bits per heavy atom. The Morgan fingerprint density at radius 3 is 2.53 bits per heavy atom. The van der Waals surface area contributed by atoms with Gasteiger partial charge in [0, 0.05) is 22.3 Å². The van der Waals surface area contributed by atoms with E-state index in [9.17, 15) is 9.59 Å². The van der Waals surface area contributed by atoms with Crippen molar-refractivity contribution in [1.29, 1.82) is 0 Å². The SMILES string of the molecule is C=CCn1c(CC(=O)Nc2ccc(OCC)cc2)nnc1SCC(=O)c1ccc(Br)cc1. The maximum absolute atomic E-state index is 12.5. The van der Waals surface area contributed by atoms with Crippen LogP contribution >= 0.6 is 27.7 Å². The van der Waals surface area contributed by atoms with E-state index in [1.54, 1.807) is 47.0 Å². The van der Waals surface area contributed by atoms with Crippen molar-refractivity contribution >= 4 is 45.1 Å². The number of hydrogen-bond acceptors (Lipinski definition) is 6. The number of halogens is 1. The molecule has 0 aliphatic carbocycles. The minimum absolute atomic E-state index is 0.00885. The van der Waals surface area contributed by atoms with Crippen LogP contribution in [0.15, 0.2) is 70.8 Å². The van der Waals surface area contributed by atoms with Gasteiger partial charge in [-0.2, -0.15) is 0 Å². The second-order valence-electron chi connectivity index (χ2n) is 6.70. The number of benzene rings is 2. The van der Waals surface area contributed by atoms with Crippen LogP contribution in [-0.4, -0.2) is 38.8 Å². The third-order valence-electron chi connectivity index (χ3n) is 4.37. The lowest BCUT2D eigenvalue weighted by molar-refractivity contribution is -0.115. The molecule has 0 unspecified atom stereocenters. The van der Waals surface area contributed by atoms with E-state index < -0.39 is 0 Å². The van der Waals surface area contributed by atoms with E-state index >= 15 is 0 Å². The van der Waals surface area contributed by atoms with Crippen molar-refractivity contribution in [2.24, 2.45) is 0 Å². The van der Waals surface area contributed by atoms with Crippen molar-refractivity contribution < 1.29 is 14.3 Å². The first-order valence-corrected chi connectivity index (χ1v) is 11.7. The molecule has 32 heavy (non-hydrogen) atoms. The molecule has 0 saturated heterocycles. The molecule has 0 atom stereocenters. The summed E-state index contributed by atoms with van der Waals surface area (Å²) in [6.07, 6.45) is 1.76. The van der Waals surface area contributed by atoms with Crippen LogP contribution < -0.4 is 10.1 Å². The number of aromatic nitrogens is 3. The first kappa shape index (κ1) is 23.7. The lowest BCUT2D eigenvalue weighted by atomic mass is 10.2. The summed E-state index contributed by atoms with van der Waals surface area (Å²) in [6, 6.07) is 14.4. The van der Waals surface area contributed by atoms with Crippen LogP contribution in [0.1, 0.15) is 23.1 Å². The molecule has 1 amide bonds. The maximum Gasteiger partial charge on any atom is 0.232 e. The van der Waals surface area contributed by atoms with Crippen molar-refractivity contribution in [3.05, 3.63) is 77.0 Å². The van der Waals surface area contributed by atoms with E-state index in [4.69, 9.17) is 4.74 Å². The summed E-state index contributed by atoms with van der Waals surface area (Å²) in [4.78, 5) is 25.0. The average molecular weight is 515 g/mol. The van der Waals surface area contributed by atoms with Gasteiger partial charge in [0.1, 0.15) is 11.6 Å². The highest BCUT2D eigenvalue weighted by Gasteiger charge is 2.17. The summed E-state index contributed by atoms with van der Waals surface area (Å²) < 4.78 is 8.12. The Morgan fingerprint density at radius 2 is 1.88 bits per heavy atom. The lowest BCUT2D eigenvalue weighted by Crippen LogP contribution is -2.18. The summed E-state index contributed by atoms with van der Waals surface area (Å²) in [5.74, 6) is 1.25. The van der Waals surface area contributed by atoms with E-state index in [0.717, 1.165) is 10.2 Å². The van der Waals surface area contributed by atoms with E-state index in [-0.39, 0.29) is 23.9 Å². The van der Waals surface area contributed by atoms with E-state index in [2.05, 4.69) is 38.0 Å². The molecule has 1 aromatic heterocycles. The van der Waals surface area contributed by atoms with Crippen LogP contribution in [0.4, 0.5) is 5.69 Å². The van der Waals surface area contributed by atoms with Crippen molar-refractivity contribution in [3.63, 3.8) is 0 Å². The lowest BCUT2D eigenvalue weighted by Gasteiger charge is -2.09. The summed E-state index contributed by atoms with van der Waals surface area (Å²) in [7, 11) is 0. The molecule has 0 bridgehead atoms. The molecular formula is C23H23BrN4O3S. The number of amides is 1. The average Bonchev–Trinajstić information content (AvgIpc) is 3.15. The molecule has 166 valence electrons. The Hall–Kier alpha value is -2.91. The quantitative estimate of drug-likeness (QED) is 0.225. The Balaban J connectivity index is 1.63. The zero-order valence-electron chi connectivity index (χ0n) is 17.6. The number of hydrogen-bond donors (Lipinski definition) is 1. The van der Waals surface area contributed by atoms with Crippen LogP contribution in [0.3, 0.4) is 0 Å². The number of nitrogens with one attached hydrogen (secondary N) is 1. The van der Waals surface area contributed by atoms with Crippen LogP contribution in [0.2, 0.25) is 0 Å². The van der Waals surface area contributed by atoms with Gasteiger partial charge < -0.3 is 14.6 Å². The fourth-order valence-corrected chi connectivity index (χ4v) is 3.99. The number of thioether (sulfide) groups is 1. The minimum atomic E-state index is -0.214. The number of ketones is 1. The van der Waals surface area contributed by atoms with Crippen molar-refractivity contribution in [2.75, 3.05) is 17.7 Å². The molecule has 0 aliphatic heterocycles. The fourth-order valence-electron chi connectivity index (χ4n) is 2.87. The third kappa shape index (κ3) is 6.54. The number of anilines is 1. The van der Waals surface area contributed by atoms with E-state index in [0.29, 0.717) is 35.4 Å². The predicted molar refractivity (Wildman–Crippen MR) is 129 cm³/mol. The monoisotopic (exact) mass is 514 g/mol. The highest BCUT2D eigenvalue weighted by Crippen LogP contribution is 2.21. The number of rotatable bonds is 11. The number of ether oxygens (including phenoxy) is 1. The molecule has 9 heteroatoms. The molecule has 0 radical (unpaired) electrons. The number of carbonyl (C=O) groups excluding carboxylic acids is 2. The molecule has 7 nitrogen and oxygen atoms in total. The van der Waals surface area contributed by atoms with Gasteiger partial charge in [-0.25, -0.2) is 0 Å². The molecule has 3 rings (SSSR count). The van der Waals surface area contributed by atoms with Crippen LogP contribution in [-0.2, 0) is 17.8 Å². The molecule has 2 aromatic carbocycles. The number of carbonyl (C=O) groups is 2. The smallest absolute Gasteiger partial charge is 0.232 e. The summed E-state index contributed by atoms with van der Waals surface area (Å²) in [5.41, 5.74) is 1.30. The number of nitrogens with zero attached hydrogens (tertiary/aromatic N) is 3. The van der Waals surface area contributed by atoms with Gasteiger partial charge >= 0.3 is 0 Å². The number of Topliss-reactive ketones (excluding diaryl/α,β-unsaturated/α-hetero) is 1. The Kier molecular flexibility index (Phi) is 8.64. The summed E-state index contributed by atoms with van der Waals surface area (Å²) in [6.45, 7) is 6.71. The highest BCUT2D eigenvalue weighted by atomic mass is 79.9. The molecular weight excluding hydrogens is 492 g/mol. The van der Waals surface area contributed by atoms with Gasteiger partial charge in [0.2, 0.25) is 5.91 Å². The number of allylic oxidation sites excluding steroid dienone is 1. The van der Waals surface area contributed by atoms with Crippen LogP contribution in [0.25, 0.3) is 0 Å². The van der Waals surface area contributed by atoms with Gasteiger partial charge in [0.25, 0.3) is 0 Å². The minimum Gasteiger partial charge on any atom is -0.494 e. The second-order valence-corrected chi connectivity index (χ2v) is 8.56. The van der Waals surface area contributed by atoms with Gasteiger partial charge in [-0.1, -0.05) is 45.9 Å². The zero-order chi connectivity index (χ0) is 22.9. The van der Waals surface area contributed by atoms with E-state index in [1.165, 1.54) is 11.8 Å².